The second-order valence-electron chi connectivity index (χ2n) is 11.9. The van der Waals surface area contributed by atoms with E-state index in [0.717, 1.165) is 23.7 Å². The number of hydrogen-bond acceptors (Lipinski definition) is 2. The van der Waals surface area contributed by atoms with E-state index >= 15 is 0 Å². The van der Waals surface area contributed by atoms with Crippen LogP contribution in [0.2, 0.25) is 0 Å². The van der Waals surface area contributed by atoms with Crippen molar-refractivity contribution in [3.05, 3.63) is 0 Å². The monoisotopic (exact) mass is 632 g/mol. The molecule has 0 heterocycles. The predicted molar refractivity (Wildman–Crippen MR) is 153 cm³/mol. The Morgan fingerprint density at radius 1 is 0.576 bits per heavy atom. The van der Waals surface area contributed by atoms with Gasteiger partial charge < -0.3 is 0 Å². The molecule has 198 valence electrons. The van der Waals surface area contributed by atoms with E-state index in [1.807, 2.05) is 0 Å². The average molecular weight is 635 g/mol. The van der Waals surface area contributed by atoms with Crippen molar-refractivity contribution in [2.75, 3.05) is 0 Å². The summed E-state index contributed by atoms with van der Waals surface area (Å²) in [5, 5.41) is 0. The molecule has 0 bridgehead atoms. The molecule has 0 aromatic carbocycles. The van der Waals surface area contributed by atoms with E-state index < -0.39 is 0 Å². The van der Waals surface area contributed by atoms with E-state index in [1.54, 1.807) is 0 Å². The molecule has 0 N–H and O–H groups in total. The van der Waals surface area contributed by atoms with Crippen LogP contribution >= 0.6 is 28.5 Å². The van der Waals surface area contributed by atoms with Crippen molar-refractivity contribution in [3.8, 4) is 0 Å². The summed E-state index contributed by atoms with van der Waals surface area (Å²) in [6.45, 7) is 23.7. The molecule has 2 fully saturated rings. The molecular weight excluding hydrogens is 583 g/mol. The maximum absolute atomic E-state index is 5.43. The van der Waals surface area contributed by atoms with Crippen LogP contribution in [0.15, 0.2) is 9.98 Å². The molecule has 4 atom stereocenters. The first kappa shape index (κ1) is 31.8. The van der Waals surface area contributed by atoms with Crippen molar-refractivity contribution >= 4 is 39.9 Å². The fourth-order valence-electron chi connectivity index (χ4n) is 6.42. The molecule has 0 aromatic heterocycles. The average Bonchev–Trinajstić information content (AvgIpc) is 2.73. The Bertz CT molecular complexity index is 531. The van der Waals surface area contributed by atoms with Crippen molar-refractivity contribution < 1.29 is 10.9 Å². The minimum absolute atomic E-state index is 0.469. The van der Waals surface area contributed by atoms with Crippen LogP contribution in [-0.4, -0.2) is 23.5 Å². The minimum atomic E-state index is 0.469. The first-order valence-electron chi connectivity index (χ1n) is 13.4. The summed E-state index contributed by atoms with van der Waals surface area (Å²) in [6.07, 6.45) is 8.10. The zero-order chi connectivity index (χ0) is 25.3. The predicted octanol–water partition coefficient (Wildman–Crippen LogP) is 9.79. The molecule has 33 heavy (non-hydrogen) atoms. The van der Waals surface area contributed by atoms with Gasteiger partial charge in [-0.05, 0) is 86.9 Å². The number of rotatable bonds is 7. The first-order chi connectivity index (χ1) is 15.5. The van der Waals surface area contributed by atoms with E-state index in [2.05, 4.69) is 97.7 Å². The van der Waals surface area contributed by atoms with Crippen molar-refractivity contribution in [1.29, 1.82) is 0 Å². The Labute approximate surface area is 226 Å². The van der Waals surface area contributed by atoms with Gasteiger partial charge in [-0.2, -0.15) is 0 Å². The summed E-state index contributed by atoms with van der Waals surface area (Å²) in [7, 11) is 1.25. The van der Waals surface area contributed by atoms with Gasteiger partial charge in [0.15, 0.2) is 0 Å². The third-order valence-corrected chi connectivity index (χ3v) is 8.54. The molecule has 0 amide bonds. The van der Waals surface area contributed by atoms with Crippen molar-refractivity contribution in [1.82, 2.24) is 0 Å². The van der Waals surface area contributed by atoms with Crippen molar-refractivity contribution in [2.24, 2.45) is 57.3 Å². The molecule has 2 aliphatic rings. The Morgan fingerprint density at radius 3 is 0.970 bits per heavy atom. The van der Waals surface area contributed by atoms with Crippen LogP contribution in [-0.2, 0) is 10.9 Å². The van der Waals surface area contributed by atoms with Gasteiger partial charge in [-0.15, -0.1) is 0 Å². The summed E-state index contributed by atoms with van der Waals surface area (Å²) < 4.78 is 0. The van der Waals surface area contributed by atoms with Gasteiger partial charge in [0.1, 0.15) is 0 Å². The third-order valence-electron chi connectivity index (χ3n) is 8.54. The summed E-state index contributed by atoms with van der Waals surface area (Å²) >= 11 is 6.00. The molecular formula is C28H52Br2N2Ni. The van der Waals surface area contributed by atoms with Gasteiger partial charge in [0.25, 0.3) is 0 Å². The summed E-state index contributed by atoms with van der Waals surface area (Å²) in [5.74, 6) is 5.70. The Kier molecular flexibility index (Phi) is 15.2. The van der Waals surface area contributed by atoms with Gasteiger partial charge in [-0.25, -0.2) is 0 Å². The van der Waals surface area contributed by atoms with Crippen LogP contribution in [0.4, 0.5) is 0 Å². The first-order valence-corrected chi connectivity index (χ1v) is 18.3. The number of aliphatic imine (C=N–C) groups is 2. The van der Waals surface area contributed by atoms with E-state index in [-0.39, 0.29) is 0 Å². The van der Waals surface area contributed by atoms with Gasteiger partial charge >= 0.3 is 39.3 Å². The van der Waals surface area contributed by atoms with E-state index in [9.17, 15) is 0 Å². The molecule has 5 heteroatoms. The second-order valence-corrected chi connectivity index (χ2v) is 16.9. The van der Waals surface area contributed by atoms with E-state index in [1.165, 1.54) is 60.8 Å². The van der Waals surface area contributed by atoms with Crippen molar-refractivity contribution in [3.63, 3.8) is 0 Å². The quantitative estimate of drug-likeness (QED) is 0.197. The fourth-order valence-corrected chi connectivity index (χ4v) is 6.42. The van der Waals surface area contributed by atoms with Gasteiger partial charge in [0.2, 0.25) is 0 Å². The van der Waals surface area contributed by atoms with Crippen molar-refractivity contribution in [2.45, 2.75) is 120 Å². The summed E-state index contributed by atoms with van der Waals surface area (Å²) in [6, 6.07) is 0.939. The summed E-state index contributed by atoms with van der Waals surface area (Å²) in [4.78, 5) is 10.9. The SMILES string of the molecule is CC(=NC1C(C(C)C)CCCC1C(C)C)C(C)=NC1C(C(C)C)CCCC1C(C)C.[Br][Ni][Br]. The van der Waals surface area contributed by atoms with Crippen LogP contribution in [0.3, 0.4) is 0 Å². The molecule has 0 spiro atoms. The molecule has 0 radical (unpaired) electrons. The second kappa shape index (κ2) is 15.8. The van der Waals surface area contributed by atoms with Gasteiger partial charge in [-0.3, -0.25) is 9.98 Å². The van der Waals surface area contributed by atoms with Crippen LogP contribution in [0, 0.1) is 47.3 Å². The maximum atomic E-state index is 5.43. The summed E-state index contributed by atoms with van der Waals surface area (Å²) in [5.41, 5.74) is 2.41. The van der Waals surface area contributed by atoms with Crippen LogP contribution in [0.1, 0.15) is 108 Å². The molecule has 2 rings (SSSR count). The standard InChI is InChI=1S/C28H52N2.2BrH.Ni/c1-17(2)23-13-11-14-24(18(3)4)27(23)29-21(9)22(10)30-28-25(19(5)6)15-12-16-26(28)20(7)8;;;/h17-20,23-28H,11-16H2,1-10H3;2*1H;/q;;;+2/p-2. The van der Waals surface area contributed by atoms with Gasteiger partial charge in [-0.1, -0.05) is 68.2 Å². The molecule has 2 saturated carbocycles. The zero-order valence-electron chi connectivity index (χ0n) is 23.0. The molecule has 0 aliphatic heterocycles. The molecule has 0 aromatic rings. The third kappa shape index (κ3) is 9.64. The number of nitrogens with zero attached hydrogens (tertiary/aromatic N) is 2. The van der Waals surface area contributed by atoms with Gasteiger partial charge in [0, 0.05) is 0 Å². The molecule has 2 aliphatic carbocycles. The topological polar surface area (TPSA) is 24.7 Å². The molecule has 0 saturated heterocycles. The van der Waals surface area contributed by atoms with Crippen LogP contribution < -0.4 is 0 Å². The Morgan fingerprint density at radius 2 is 0.788 bits per heavy atom. The normalized spacial score (nSPS) is 32.0. The molecule has 4 unspecified atom stereocenters. The molecule has 2 nitrogen and oxygen atoms in total. The van der Waals surface area contributed by atoms with Crippen LogP contribution in [0.25, 0.3) is 0 Å². The van der Waals surface area contributed by atoms with E-state index in [4.69, 9.17) is 9.98 Å². The number of hydrogen-bond donors (Lipinski definition) is 0. The van der Waals surface area contributed by atoms with E-state index in [0.29, 0.717) is 35.8 Å². The zero-order valence-corrected chi connectivity index (χ0v) is 27.1. The van der Waals surface area contributed by atoms with Crippen LogP contribution in [0.5, 0.6) is 0 Å². The Balaban J connectivity index is 0.00000172. The number of halogens is 2. The fraction of sp³-hybridized carbons (Fsp3) is 0.929. The Hall–Kier alpha value is 0.794. The van der Waals surface area contributed by atoms with Gasteiger partial charge in [0.05, 0.1) is 23.5 Å².